The van der Waals surface area contributed by atoms with Gasteiger partial charge in [-0.3, -0.25) is 0 Å². The highest BCUT2D eigenvalue weighted by molar-refractivity contribution is 7.17. The zero-order chi connectivity index (χ0) is 10.8. The number of nitrogens with two attached hydrogens (primary N) is 1. The Morgan fingerprint density at radius 2 is 2.40 bits per heavy atom. The summed E-state index contributed by atoms with van der Waals surface area (Å²) < 4.78 is 0. The van der Waals surface area contributed by atoms with Crippen LogP contribution in [0.15, 0.2) is 12.7 Å². The van der Waals surface area contributed by atoms with E-state index in [0.29, 0.717) is 23.0 Å². The molecule has 1 saturated carbocycles. The first-order chi connectivity index (χ1) is 7.27. The summed E-state index contributed by atoms with van der Waals surface area (Å²) in [4.78, 5) is 0.628. The maximum atomic E-state index is 8.92. The molecule has 1 heterocycles. The van der Waals surface area contributed by atoms with Gasteiger partial charge in [0, 0.05) is 12.1 Å². The van der Waals surface area contributed by atoms with Crippen LogP contribution in [0, 0.1) is 11.3 Å². The van der Waals surface area contributed by atoms with Crippen molar-refractivity contribution in [2.24, 2.45) is 0 Å². The largest absolute Gasteiger partial charge is 0.397 e. The van der Waals surface area contributed by atoms with E-state index in [4.69, 9.17) is 11.0 Å². The van der Waals surface area contributed by atoms with Crippen LogP contribution in [0.3, 0.4) is 0 Å². The zero-order valence-corrected chi connectivity index (χ0v) is 9.23. The highest BCUT2D eigenvalue weighted by Crippen LogP contribution is 2.50. The predicted octanol–water partition coefficient (Wildman–Crippen LogP) is 2.68. The molecule has 4 heteroatoms. The molecule has 2 rings (SSSR count). The third kappa shape index (κ3) is 1.83. The molecule has 1 aromatic rings. The Hall–Kier alpha value is -1.47. The number of thiophene rings is 1. The molecule has 0 unspecified atom stereocenters. The molecule has 0 bridgehead atoms. The summed E-state index contributed by atoms with van der Waals surface area (Å²) >= 11 is 1.45. The van der Waals surface area contributed by atoms with Crippen LogP contribution in [0.5, 0.6) is 0 Å². The molecule has 1 aromatic heterocycles. The molecular weight excluding hydrogens is 206 g/mol. The molecule has 0 aromatic carbocycles. The molecule has 1 fully saturated rings. The molecule has 15 heavy (non-hydrogen) atoms. The van der Waals surface area contributed by atoms with E-state index < -0.39 is 0 Å². The van der Waals surface area contributed by atoms with Crippen molar-refractivity contribution in [1.29, 1.82) is 5.26 Å². The topological polar surface area (TPSA) is 61.8 Å². The molecule has 0 amide bonds. The van der Waals surface area contributed by atoms with Gasteiger partial charge in [-0.1, -0.05) is 6.08 Å². The minimum absolute atomic E-state index is 0.565. The van der Waals surface area contributed by atoms with Crippen molar-refractivity contribution in [3.63, 3.8) is 0 Å². The lowest BCUT2D eigenvalue weighted by Crippen LogP contribution is -1.99. The predicted molar refractivity (Wildman–Crippen MR) is 64.1 cm³/mol. The number of hydrogen-bond donors (Lipinski definition) is 2. The van der Waals surface area contributed by atoms with Crippen molar-refractivity contribution >= 4 is 22.0 Å². The maximum Gasteiger partial charge on any atom is 0.130 e. The minimum Gasteiger partial charge on any atom is -0.397 e. The molecule has 0 atom stereocenters. The Kier molecular flexibility index (Phi) is 2.65. The van der Waals surface area contributed by atoms with Gasteiger partial charge in [0.1, 0.15) is 10.9 Å². The number of hydrogen-bond acceptors (Lipinski definition) is 4. The second-order valence-electron chi connectivity index (χ2n) is 3.64. The molecule has 3 N–H and O–H groups in total. The fourth-order valence-corrected chi connectivity index (χ4v) is 2.62. The molecule has 0 radical (unpaired) electrons. The lowest BCUT2D eigenvalue weighted by molar-refractivity contribution is 1.14. The van der Waals surface area contributed by atoms with Gasteiger partial charge in [0.2, 0.25) is 0 Å². The lowest BCUT2D eigenvalue weighted by Gasteiger charge is -2.04. The summed E-state index contributed by atoms with van der Waals surface area (Å²) in [5.74, 6) is 0.565. The molecule has 1 aliphatic carbocycles. The van der Waals surface area contributed by atoms with Crippen molar-refractivity contribution in [3.8, 4) is 6.07 Å². The monoisotopic (exact) mass is 219 g/mol. The van der Waals surface area contributed by atoms with Crippen molar-refractivity contribution in [1.82, 2.24) is 0 Å². The third-order valence-corrected chi connectivity index (χ3v) is 3.56. The van der Waals surface area contributed by atoms with Crippen LogP contribution in [0.25, 0.3) is 0 Å². The maximum absolute atomic E-state index is 8.92. The summed E-state index contributed by atoms with van der Waals surface area (Å²) in [5, 5.41) is 13.2. The quantitative estimate of drug-likeness (QED) is 0.765. The molecule has 0 aliphatic heterocycles. The third-order valence-electron chi connectivity index (χ3n) is 2.48. The fourth-order valence-electron chi connectivity index (χ4n) is 1.61. The van der Waals surface area contributed by atoms with E-state index in [2.05, 4.69) is 18.0 Å². The smallest absolute Gasteiger partial charge is 0.130 e. The van der Waals surface area contributed by atoms with Gasteiger partial charge in [-0.2, -0.15) is 5.26 Å². The summed E-state index contributed by atoms with van der Waals surface area (Å²) in [5.41, 5.74) is 7.78. The second kappa shape index (κ2) is 3.95. The van der Waals surface area contributed by atoms with Gasteiger partial charge >= 0.3 is 0 Å². The van der Waals surface area contributed by atoms with Gasteiger partial charge in [0.05, 0.1) is 10.7 Å². The molecule has 78 valence electrons. The first-order valence-corrected chi connectivity index (χ1v) is 5.76. The number of nitrogens with one attached hydrogen (secondary N) is 1. The Balaban J connectivity index is 2.34. The van der Waals surface area contributed by atoms with Crippen LogP contribution in [0.4, 0.5) is 10.7 Å². The molecule has 0 spiro atoms. The standard InChI is InChI=1S/C11H13N3S/c1-2-5-14-11-9(7-3-4-7)10(13)8(6-12)15-11/h2,7,14H,1,3-5,13H2. The number of anilines is 2. The van der Waals surface area contributed by atoms with Crippen molar-refractivity contribution in [3.05, 3.63) is 23.1 Å². The second-order valence-corrected chi connectivity index (χ2v) is 4.66. The Morgan fingerprint density at radius 1 is 1.67 bits per heavy atom. The average Bonchev–Trinajstić information content (AvgIpc) is 3.01. The number of nitrogens with zero attached hydrogens (tertiary/aromatic N) is 1. The Labute approximate surface area is 93.2 Å². The van der Waals surface area contributed by atoms with Crippen LogP contribution in [0.2, 0.25) is 0 Å². The molecule has 0 saturated heterocycles. The number of rotatable bonds is 4. The zero-order valence-electron chi connectivity index (χ0n) is 8.42. The molecule has 1 aliphatic rings. The SMILES string of the molecule is C=CCNc1sc(C#N)c(N)c1C1CC1. The van der Waals surface area contributed by atoms with Gasteiger partial charge in [0.25, 0.3) is 0 Å². The van der Waals surface area contributed by atoms with Crippen LogP contribution < -0.4 is 11.1 Å². The van der Waals surface area contributed by atoms with E-state index in [-0.39, 0.29) is 0 Å². The van der Waals surface area contributed by atoms with Gasteiger partial charge in [0.15, 0.2) is 0 Å². The van der Waals surface area contributed by atoms with E-state index in [0.717, 1.165) is 10.6 Å². The number of nitrogen functional groups attached to an aromatic ring is 1. The van der Waals surface area contributed by atoms with E-state index in [1.165, 1.54) is 24.2 Å². The van der Waals surface area contributed by atoms with Crippen molar-refractivity contribution in [2.45, 2.75) is 18.8 Å². The Morgan fingerprint density at radius 3 is 2.93 bits per heavy atom. The van der Waals surface area contributed by atoms with Crippen LogP contribution in [0.1, 0.15) is 29.2 Å². The highest BCUT2D eigenvalue weighted by atomic mass is 32.1. The van der Waals surface area contributed by atoms with E-state index in [9.17, 15) is 0 Å². The van der Waals surface area contributed by atoms with Crippen molar-refractivity contribution < 1.29 is 0 Å². The van der Waals surface area contributed by atoms with E-state index in [1.54, 1.807) is 6.08 Å². The summed E-state index contributed by atoms with van der Waals surface area (Å²) in [6.07, 6.45) is 4.18. The first-order valence-electron chi connectivity index (χ1n) is 4.95. The van der Waals surface area contributed by atoms with E-state index in [1.807, 2.05) is 0 Å². The fraction of sp³-hybridized carbons (Fsp3) is 0.364. The minimum atomic E-state index is 0.565. The lowest BCUT2D eigenvalue weighted by atomic mass is 10.1. The summed E-state index contributed by atoms with van der Waals surface area (Å²) in [7, 11) is 0. The van der Waals surface area contributed by atoms with Gasteiger partial charge < -0.3 is 11.1 Å². The van der Waals surface area contributed by atoms with Gasteiger partial charge in [-0.25, -0.2) is 0 Å². The number of nitriles is 1. The van der Waals surface area contributed by atoms with Crippen LogP contribution in [-0.4, -0.2) is 6.54 Å². The highest BCUT2D eigenvalue weighted by Gasteiger charge is 2.31. The van der Waals surface area contributed by atoms with Gasteiger partial charge in [-0.05, 0) is 18.8 Å². The van der Waals surface area contributed by atoms with Crippen molar-refractivity contribution in [2.75, 3.05) is 17.6 Å². The van der Waals surface area contributed by atoms with Gasteiger partial charge in [-0.15, -0.1) is 17.9 Å². The van der Waals surface area contributed by atoms with Crippen LogP contribution in [-0.2, 0) is 0 Å². The van der Waals surface area contributed by atoms with E-state index >= 15 is 0 Å². The Bertz CT molecular complexity index is 424. The summed E-state index contributed by atoms with van der Waals surface area (Å²) in [6, 6.07) is 2.14. The molecule has 3 nitrogen and oxygen atoms in total. The van der Waals surface area contributed by atoms with Crippen LogP contribution >= 0.6 is 11.3 Å². The summed E-state index contributed by atoms with van der Waals surface area (Å²) in [6.45, 7) is 4.37. The first kappa shape index (κ1) is 10.1. The average molecular weight is 219 g/mol. The normalized spacial score (nSPS) is 14.6. The molecular formula is C11H13N3S.